The first-order valence-corrected chi connectivity index (χ1v) is 7.39. The Hall–Kier alpha value is -1.20. The second-order valence-corrected chi connectivity index (χ2v) is 5.85. The van der Waals surface area contributed by atoms with Crippen LogP contribution in [0.4, 0.5) is 0 Å². The third-order valence-corrected chi connectivity index (χ3v) is 3.98. The van der Waals surface area contributed by atoms with Gasteiger partial charge in [0.25, 0.3) is 0 Å². The van der Waals surface area contributed by atoms with Crippen LogP contribution in [0.1, 0.15) is 39.0 Å². The Bertz CT molecular complexity index is 391. The summed E-state index contributed by atoms with van der Waals surface area (Å²) in [6.45, 7) is 6.33. The van der Waals surface area contributed by atoms with E-state index in [4.69, 9.17) is 5.26 Å². The molecule has 18 heavy (non-hydrogen) atoms. The minimum Gasteiger partial charge on any atom is -0.198 e. The van der Waals surface area contributed by atoms with Crippen molar-refractivity contribution >= 4 is 11.8 Å². The molecular formula is C16H21NS. The Balaban J connectivity index is 2.50. The first-order valence-electron chi connectivity index (χ1n) is 6.51. The van der Waals surface area contributed by atoms with E-state index in [0.29, 0.717) is 11.7 Å². The molecule has 0 amide bonds. The summed E-state index contributed by atoms with van der Waals surface area (Å²) >= 11 is 1.79. The monoisotopic (exact) mass is 259 g/mol. The van der Waals surface area contributed by atoms with Gasteiger partial charge in [-0.1, -0.05) is 43.7 Å². The maximum Gasteiger partial charge on any atom is 0.0633 e. The van der Waals surface area contributed by atoms with Crippen LogP contribution < -0.4 is 0 Å². The molecule has 0 heterocycles. The Labute approximate surface area is 115 Å². The van der Waals surface area contributed by atoms with Crippen molar-refractivity contribution in [2.75, 3.05) is 0 Å². The molecule has 0 aromatic heterocycles. The molecule has 1 rings (SSSR count). The standard InChI is InChI=1S/C16H21NS/c1-3-4-8-14(2)13-16(11-12-17)18-15-9-6-5-7-10-15/h5-7,9-10,16H,2-4,8,11,13H2,1H3. The van der Waals surface area contributed by atoms with E-state index in [1.807, 2.05) is 18.2 Å². The molecule has 0 saturated carbocycles. The fourth-order valence-electron chi connectivity index (χ4n) is 1.80. The zero-order valence-corrected chi connectivity index (χ0v) is 11.9. The first-order chi connectivity index (χ1) is 8.76. The van der Waals surface area contributed by atoms with Gasteiger partial charge in [-0.3, -0.25) is 0 Å². The SMILES string of the molecule is C=C(CCCC)CC(CC#N)Sc1ccccc1. The lowest BCUT2D eigenvalue weighted by Gasteiger charge is -2.15. The summed E-state index contributed by atoms with van der Waals surface area (Å²) in [4.78, 5) is 1.24. The normalized spacial score (nSPS) is 11.8. The van der Waals surface area contributed by atoms with E-state index in [-0.39, 0.29) is 0 Å². The number of nitrogens with zero attached hydrogens (tertiary/aromatic N) is 1. The van der Waals surface area contributed by atoms with E-state index in [0.717, 1.165) is 12.8 Å². The topological polar surface area (TPSA) is 23.8 Å². The summed E-state index contributed by atoms with van der Waals surface area (Å²) in [6, 6.07) is 12.6. The molecule has 1 aromatic rings. The number of hydrogen-bond acceptors (Lipinski definition) is 2. The summed E-state index contributed by atoms with van der Waals surface area (Å²) in [6.07, 6.45) is 5.04. The average Bonchev–Trinajstić information content (AvgIpc) is 2.38. The molecule has 0 bridgehead atoms. The number of allylic oxidation sites excluding steroid dienone is 1. The molecule has 2 heteroatoms. The van der Waals surface area contributed by atoms with Gasteiger partial charge in [-0.15, -0.1) is 11.8 Å². The number of nitriles is 1. The van der Waals surface area contributed by atoms with Crippen LogP contribution in [0.2, 0.25) is 0 Å². The van der Waals surface area contributed by atoms with Crippen molar-refractivity contribution in [2.24, 2.45) is 0 Å². The van der Waals surface area contributed by atoms with Crippen LogP contribution in [0, 0.1) is 11.3 Å². The second-order valence-electron chi connectivity index (χ2n) is 4.47. The Morgan fingerprint density at radius 1 is 1.39 bits per heavy atom. The number of benzene rings is 1. The highest BCUT2D eigenvalue weighted by Gasteiger charge is 2.11. The Morgan fingerprint density at radius 3 is 2.72 bits per heavy atom. The van der Waals surface area contributed by atoms with Gasteiger partial charge in [0, 0.05) is 16.6 Å². The third kappa shape index (κ3) is 5.93. The molecule has 0 N–H and O–H groups in total. The van der Waals surface area contributed by atoms with Crippen LogP contribution in [0.5, 0.6) is 0 Å². The highest BCUT2D eigenvalue weighted by molar-refractivity contribution is 8.00. The number of rotatable bonds is 8. The summed E-state index contributed by atoms with van der Waals surface area (Å²) in [5.74, 6) is 0. The number of thioether (sulfide) groups is 1. The largest absolute Gasteiger partial charge is 0.198 e. The highest BCUT2D eigenvalue weighted by Crippen LogP contribution is 2.30. The van der Waals surface area contributed by atoms with Gasteiger partial charge in [0.05, 0.1) is 6.07 Å². The van der Waals surface area contributed by atoms with E-state index < -0.39 is 0 Å². The van der Waals surface area contributed by atoms with Crippen molar-refractivity contribution in [3.8, 4) is 6.07 Å². The van der Waals surface area contributed by atoms with Crippen LogP contribution in [0.3, 0.4) is 0 Å². The minimum atomic E-state index is 0.335. The number of unbranched alkanes of at least 4 members (excludes halogenated alkanes) is 1. The van der Waals surface area contributed by atoms with E-state index in [2.05, 4.69) is 31.7 Å². The summed E-state index contributed by atoms with van der Waals surface area (Å²) in [5, 5.41) is 9.25. The van der Waals surface area contributed by atoms with Gasteiger partial charge in [0.1, 0.15) is 0 Å². The molecule has 1 nitrogen and oxygen atoms in total. The van der Waals surface area contributed by atoms with Crippen molar-refractivity contribution < 1.29 is 0 Å². The van der Waals surface area contributed by atoms with Crippen molar-refractivity contribution in [3.05, 3.63) is 42.5 Å². The van der Waals surface area contributed by atoms with Crippen LogP contribution in [-0.4, -0.2) is 5.25 Å². The number of hydrogen-bond donors (Lipinski definition) is 0. The lowest BCUT2D eigenvalue weighted by molar-refractivity contribution is 0.739. The average molecular weight is 259 g/mol. The molecule has 0 radical (unpaired) electrons. The predicted octanol–water partition coefficient (Wildman–Crippen LogP) is 5.20. The summed E-state index contributed by atoms with van der Waals surface area (Å²) < 4.78 is 0. The molecule has 0 aliphatic heterocycles. The minimum absolute atomic E-state index is 0.335. The van der Waals surface area contributed by atoms with Crippen LogP contribution >= 0.6 is 11.8 Å². The molecule has 96 valence electrons. The predicted molar refractivity (Wildman–Crippen MR) is 79.6 cm³/mol. The van der Waals surface area contributed by atoms with Crippen LogP contribution in [0.25, 0.3) is 0 Å². The van der Waals surface area contributed by atoms with Crippen molar-refractivity contribution in [3.63, 3.8) is 0 Å². The molecule has 0 aliphatic carbocycles. The van der Waals surface area contributed by atoms with Gasteiger partial charge in [-0.05, 0) is 31.4 Å². The van der Waals surface area contributed by atoms with Crippen LogP contribution in [0.15, 0.2) is 47.4 Å². The maximum absolute atomic E-state index is 8.91. The van der Waals surface area contributed by atoms with Gasteiger partial charge in [-0.25, -0.2) is 0 Å². The smallest absolute Gasteiger partial charge is 0.0633 e. The third-order valence-electron chi connectivity index (χ3n) is 2.77. The van der Waals surface area contributed by atoms with Gasteiger partial charge in [0.15, 0.2) is 0 Å². The van der Waals surface area contributed by atoms with E-state index in [1.54, 1.807) is 11.8 Å². The molecular weight excluding hydrogens is 238 g/mol. The Morgan fingerprint density at radius 2 is 2.11 bits per heavy atom. The zero-order valence-electron chi connectivity index (χ0n) is 11.1. The van der Waals surface area contributed by atoms with E-state index in [1.165, 1.54) is 23.3 Å². The van der Waals surface area contributed by atoms with Gasteiger partial charge in [-0.2, -0.15) is 5.26 Å². The molecule has 0 aliphatic rings. The molecule has 0 spiro atoms. The summed E-state index contributed by atoms with van der Waals surface area (Å²) in [5.41, 5.74) is 1.28. The molecule has 0 fully saturated rings. The van der Waals surface area contributed by atoms with Gasteiger partial charge in [0.2, 0.25) is 0 Å². The van der Waals surface area contributed by atoms with Crippen molar-refractivity contribution in [1.82, 2.24) is 0 Å². The van der Waals surface area contributed by atoms with Gasteiger partial charge < -0.3 is 0 Å². The fourth-order valence-corrected chi connectivity index (χ4v) is 2.98. The van der Waals surface area contributed by atoms with Crippen molar-refractivity contribution in [2.45, 2.75) is 49.2 Å². The van der Waals surface area contributed by atoms with Crippen molar-refractivity contribution in [1.29, 1.82) is 5.26 Å². The molecule has 1 aromatic carbocycles. The second kappa shape index (κ2) is 8.83. The van der Waals surface area contributed by atoms with Crippen LogP contribution in [-0.2, 0) is 0 Å². The maximum atomic E-state index is 8.91. The van der Waals surface area contributed by atoms with E-state index in [9.17, 15) is 0 Å². The lowest BCUT2D eigenvalue weighted by atomic mass is 10.0. The highest BCUT2D eigenvalue weighted by atomic mass is 32.2. The summed E-state index contributed by atoms with van der Waals surface area (Å²) in [7, 11) is 0. The fraction of sp³-hybridized carbons (Fsp3) is 0.438. The molecule has 1 atom stereocenters. The lowest BCUT2D eigenvalue weighted by Crippen LogP contribution is -2.03. The Kier molecular flexibility index (Phi) is 7.29. The van der Waals surface area contributed by atoms with Gasteiger partial charge >= 0.3 is 0 Å². The first kappa shape index (κ1) is 14.9. The molecule has 1 unspecified atom stereocenters. The molecule has 0 saturated heterocycles. The van der Waals surface area contributed by atoms with E-state index >= 15 is 0 Å². The zero-order chi connectivity index (χ0) is 13.2. The quantitative estimate of drug-likeness (QED) is 0.473.